The van der Waals surface area contributed by atoms with E-state index in [9.17, 15) is 4.79 Å². The number of rotatable bonds is 0. The van der Waals surface area contributed by atoms with Crippen molar-refractivity contribution in [3.05, 3.63) is 58.7 Å². The molecule has 0 aliphatic carbocycles. The van der Waals surface area contributed by atoms with E-state index in [1.165, 1.54) is 0 Å². The Morgan fingerprint density at radius 2 is 1.62 bits per heavy atom. The van der Waals surface area contributed by atoms with Gasteiger partial charge in [-0.3, -0.25) is 4.79 Å². The number of nitrogens with zero attached hydrogens (tertiary/aromatic N) is 1. The van der Waals surface area contributed by atoms with Crippen LogP contribution >= 0.6 is 0 Å². The Balaban J connectivity index is 2.68. The molecule has 0 saturated heterocycles. The van der Waals surface area contributed by atoms with Gasteiger partial charge in [-0.25, -0.2) is 0 Å². The van der Waals surface area contributed by atoms with E-state index in [1.807, 2.05) is 35.9 Å². The lowest BCUT2D eigenvalue weighted by Gasteiger charge is -2.09. The molecule has 0 unspecified atom stereocenters. The minimum absolute atomic E-state index is 0.0358. The molecule has 2 aromatic carbocycles. The van der Waals surface area contributed by atoms with E-state index in [0.29, 0.717) is 11.4 Å². The minimum atomic E-state index is 0.0358. The summed E-state index contributed by atoms with van der Waals surface area (Å²) in [5, 5.41) is 1.39. The number of benzene rings is 2. The first-order valence-corrected chi connectivity index (χ1v) is 5.16. The molecule has 16 heavy (non-hydrogen) atoms. The Morgan fingerprint density at radius 3 is 2.44 bits per heavy atom. The lowest BCUT2D eigenvalue weighted by atomic mass is 10.1. The first-order chi connectivity index (χ1) is 8.18. The maximum absolute atomic E-state index is 12.3. The zero-order chi connectivity index (χ0) is 12.0. The fraction of sp³-hybridized carbons (Fsp3) is 0.0714. The molecule has 2 nitrogen and oxygen atoms in total. The molecule has 0 aliphatic rings. The standard InChI is InChI=1S/C14H11NO/c1-15-12-8-4-2-6-10(12)14(16)11-7-3-5-9-13(11)15/h2-9H,1H3/i4T. The molecule has 2 heteroatoms. The number of fused-ring (bicyclic) bond motifs is 2. The highest BCUT2D eigenvalue weighted by Crippen LogP contribution is 2.16. The number of para-hydroxylation sites is 2. The monoisotopic (exact) mass is 211 g/mol. The summed E-state index contributed by atoms with van der Waals surface area (Å²) in [6.45, 7) is 0. The highest BCUT2D eigenvalue weighted by atomic mass is 16.1. The van der Waals surface area contributed by atoms with Crippen molar-refractivity contribution in [2.75, 3.05) is 0 Å². The smallest absolute Gasteiger partial charge is 0.197 e. The summed E-state index contributed by atoms with van der Waals surface area (Å²) in [6, 6.07) is 13.1. The van der Waals surface area contributed by atoms with Gasteiger partial charge in [-0.1, -0.05) is 24.2 Å². The van der Waals surface area contributed by atoms with Gasteiger partial charge < -0.3 is 4.57 Å². The van der Waals surface area contributed by atoms with Crippen molar-refractivity contribution in [3.63, 3.8) is 0 Å². The van der Waals surface area contributed by atoms with Gasteiger partial charge in [0.25, 0.3) is 0 Å². The van der Waals surface area contributed by atoms with Crippen molar-refractivity contribution in [2.24, 2.45) is 7.05 Å². The van der Waals surface area contributed by atoms with Crippen LogP contribution in [0.3, 0.4) is 0 Å². The molecule has 0 aliphatic heterocycles. The van der Waals surface area contributed by atoms with Crippen LogP contribution in [0.4, 0.5) is 0 Å². The quantitative estimate of drug-likeness (QED) is 0.524. The van der Waals surface area contributed by atoms with Gasteiger partial charge in [-0.15, -0.1) is 0 Å². The maximum Gasteiger partial charge on any atom is 0.197 e. The molecule has 1 aromatic heterocycles. The van der Waals surface area contributed by atoms with Crippen molar-refractivity contribution in [2.45, 2.75) is 0 Å². The average Bonchev–Trinajstić information content (AvgIpc) is 2.36. The van der Waals surface area contributed by atoms with Gasteiger partial charge in [0, 0.05) is 17.8 Å². The summed E-state index contributed by atoms with van der Waals surface area (Å²) in [4.78, 5) is 12.3. The van der Waals surface area contributed by atoms with Gasteiger partial charge in [-0.2, -0.15) is 0 Å². The van der Waals surface area contributed by atoms with E-state index >= 15 is 0 Å². The molecule has 1 heterocycles. The third kappa shape index (κ3) is 1.10. The van der Waals surface area contributed by atoms with Crippen LogP contribution in [-0.2, 0) is 7.05 Å². The number of hydrogen-bond donors (Lipinski definition) is 0. The number of pyridine rings is 1. The van der Waals surface area contributed by atoms with Crippen molar-refractivity contribution < 1.29 is 1.37 Å². The molecule has 3 aromatic rings. The lowest BCUT2D eigenvalue weighted by molar-refractivity contribution is 1.00. The van der Waals surface area contributed by atoms with Crippen LogP contribution in [0.15, 0.2) is 53.3 Å². The Kier molecular flexibility index (Phi) is 1.62. The van der Waals surface area contributed by atoms with Crippen molar-refractivity contribution in [3.8, 4) is 0 Å². The summed E-state index contributed by atoms with van der Waals surface area (Å²) in [6.07, 6.45) is 0. The van der Waals surface area contributed by atoms with Crippen LogP contribution in [0.25, 0.3) is 21.8 Å². The summed E-state index contributed by atoms with van der Waals surface area (Å²) < 4.78 is 9.60. The predicted molar refractivity (Wildman–Crippen MR) is 66.7 cm³/mol. The first-order valence-electron chi connectivity index (χ1n) is 5.66. The van der Waals surface area contributed by atoms with E-state index < -0.39 is 0 Å². The predicted octanol–water partition coefficient (Wildman–Crippen LogP) is 2.69. The second kappa shape index (κ2) is 3.20. The Morgan fingerprint density at radius 1 is 1.00 bits per heavy atom. The van der Waals surface area contributed by atoms with E-state index in [4.69, 9.17) is 1.37 Å². The van der Waals surface area contributed by atoms with E-state index in [2.05, 4.69) is 0 Å². The Labute approximate surface area is 94.2 Å². The highest BCUT2D eigenvalue weighted by Gasteiger charge is 2.06. The first kappa shape index (κ1) is 8.11. The Hall–Kier alpha value is -2.09. The fourth-order valence-electron chi connectivity index (χ4n) is 2.12. The van der Waals surface area contributed by atoms with Gasteiger partial charge in [-0.05, 0) is 24.3 Å². The zero-order valence-electron chi connectivity index (χ0n) is 9.90. The van der Waals surface area contributed by atoms with Gasteiger partial charge in [0.05, 0.1) is 12.4 Å². The molecular weight excluding hydrogens is 198 g/mol. The van der Waals surface area contributed by atoms with Crippen molar-refractivity contribution >= 4 is 21.8 Å². The molecule has 0 fully saturated rings. The maximum atomic E-state index is 12.3. The summed E-state index contributed by atoms with van der Waals surface area (Å²) in [5.41, 5.74) is 1.74. The second-order valence-corrected chi connectivity index (χ2v) is 3.85. The fourth-order valence-corrected chi connectivity index (χ4v) is 2.12. The molecule has 0 amide bonds. The van der Waals surface area contributed by atoms with Crippen LogP contribution in [0.1, 0.15) is 1.37 Å². The van der Waals surface area contributed by atoms with Gasteiger partial charge in [0.1, 0.15) is 0 Å². The number of aromatic nitrogens is 1. The van der Waals surface area contributed by atoms with Crippen LogP contribution in [0.2, 0.25) is 0 Å². The van der Waals surface area contributed by atoms with E-state index in [-0.39, 0.29) is 5.43 Å². The third-order valence-corrected chi connectivity index (χ3v) is 2.96. The summed E-state index contributed by atoms with van der Waals surface area (Å²) >= 11 is 0. The second-order valence-electron chi connectivity index (χ2n) is 3.85. The largest absolute Gasteiger partial charge is 0.343 e. The highest BCUT2D eigenvalue weighted by molar-refractivity contribution is 5.93. The summed E-state index contributed by atoms with van der Waals surface area (Å²) in [7, 11) is 1.92. The van der Waals surface area contributed by atoms with Gasteiger partial charge in [0.2, 0.25) is 0 Å². The minimum Gasteiger partial charge on any atom is -0.343 e. The molecule has 0 N–H and O–H groups in total. The number of aryl methyl sites for hydroxylation is 1. The average molecular weight is 211 g/mol. The molecule has 78 valence electrons. The molecular formula is C14H11NO. The van der Waals surface area contributed by atoms with E-state index in [0.717, 1.165) is 16.4 Å². The van der Waals surface area contributed by atoms with Crippen LogP contribution in [-0.4, -0.2) is 4.57 Å². The lowest BCUT2D eigenvalue weighted by Crippen LogP contribution is -2.08. The normalized spacial score (nSPS) is 11.9. The molecule has 3 rings (SSSR count). The van der Waals surface area contributed by atoms with Crippen LogP contribution < -0.4 is 5.43 Å². The molecule has 0 saturated carbocycles. The number of hydrogen-bond acceptors (Lipinski definition) is 1. The summed E-state index contributed by atoms with van der Waals surface area (Å²) in [5.74, 6) is 0. The van der Waals surface area contributed by atoms with Crippen LogP contribution in [0.5, 0.6) is 0 Å². The van der Waals surface area contributed by atoms with Crippen molar-refractivity contribution in [1.82, 2.24) is 4.57 Å². The van der Waals surface area contributed by atoms with Crippen molar-refractivity contribution in [1.29, 1.82) is 0 Å². The van der Waals surface area contributed by atoms with Gasteiger partial charge in [0.15, 0.2) is 5.43 Å². The molecule has 0 spiro atoms. The molecule has 0 bridgehead atoms. The van der Waals surface area contributed by atoms with Crippen LogP contribution in [0, 0.1) is 0 Å². The molecule has 0 radical (unpaired) electrons. The third-order valence-electron chi connectivity index (χ3n) is 2.96. The van der Waals surface area contributed by atoms with E-state index in [1.54, 1.807) is 18.2 Å². The SMILES string of the molecule is [3H]c1ccc2c(=O)c3ccccc3n(C)c2c1. The van der Waals surface area contributed by atoms with Gasteiger partial charge >= 0.3 is 0 Å². The Bertz CT molecular complexity index is 789. The topological polar surface area (TPSA) is 22.0 Å². The molecule has 0 atom stereocenters. The zero-order valence-corrected chi connectivity index (χ0v) is 8.90.